The van der Waals surface area contributed by atoms with Crippen molar-refractivity contribution in [2.24, 2.45) is 5.92 Å². The lowest BCUT2D eigenvalue weighted by atomic mass is 9.85. The van der Waals surface area contributed by atoms with Gasteiger partial charge in [-0.2, -0.15) is 0 Å². The largest absolute Gasteiger partial charge is 0.489 e. The van der Waals surface area contributed by atoms with Crippen LogP contribution in [0.3, 0.4) is 0 Å². The maximum atomic E-state index is 13.1. The van der Waals surface area contributed by atoms with E-state index in [0.717, 1.165) is 49.4 Å². The molecule has 4 rings (SSSR count). The van der Waals surface area contributed by atoms with Gasteiger partial charge in [0.2, 0.25) is 0 Å². The summed E-state index contributed by atoms with van der Waals surface area (Å²) in [5, 5.41) is 0. The number of carbonyl (C=O) groups is 1. The maximum Gasteiger partial charge on any atom is 0.311 e. The van der Waals surface area contributed by atoms with Gasteiger partial charge in [0.1, 0.15) is 18.2 Å². The highest BCUT2D eigenvalue weighted by molar-refractivity contribution is 5.74. The number of esters is 1. The van der Waals surface area contributed by atoms with Crippen molar-refractivity contribution >= 4 is 17.6 Å². The van der Waals surface area contributed by atoms with Crippen LogP contribution in [0.25, 0.3) is 11.6 Å². The summed E-state index contributed by atoms with van der Waals surface area (Å²) in [5.41, 5.74) is 7.44. The highest BCUT2D eigenvalue weighted by Crippen LogP contribution is 2.34. The number of methoxy groups -OCH3 is 1. The molecule has 1 aliphatic carbocycles. The number of fused-ring (bicyclic) bond motifs is 1. The van der Waals surface area contributed by atoms with Crippen molar-refractivity contribution in [1.29, 1.82) is 0 Å². The van der Waals surface area contributed by atoms with Crippen LogP contribution >= 0.6 is 0 Å². The van der Waals surface area contributed by atoms with E-state index in [2.05, 4.69) is 24.0 Å². The van der Waals surface area contributed by atoms with E-state index in [1.807, 2.05) is 19.1 Å². The van der Waals surface area contributed by atoms with Crippen molar-refractivity contribution in [1.82, 2.24) is 4.90 Å². The van der Waals surface area contributed by atoms with Crippen molar-refractivity contribution in [3.63, 3.8) is 0 Å². The number of allylic oxidation sites excluding steroid dienone is 1. The fourth-order valence-corrected chi connectivity index (χ4v) is 4.46. The lowest BCUT2D eigenvalue weighted by molar-refractivity contribution is -0.151. The second-order valence-corrected chi connectivity index (χ2v) is 8.79. The zero-order valence-electron chi connectivity index (χ0n) is 19.0. The van der Waals surface area contributed by atoms with Gasteiger partial charge in [-0.1, -0.05) is 29.8 Å². The quantitative estimate of drug-likeness (QED) is 0.565. The SMILES string of the molecule is COC(=O)C1CN(CC2=C(C)c3ccc(OCC(C)=Cc4ccc(F)cc4)cc3CC2)C1. The molecular weight excluding hydrogens is 405 g/mol. The van der Waals surface area contributed by atoms with Gasteiger partial charge in [0.25, 0.3) is 0 Å². The molecule has 2 aromatic rings. The Labute approximate surface area is 189 Å². The van der Waals surface area contributed by atoms with Gasteiger partial charge in [-0.05, 0) is 78.8 Å². The van der Waals surface area contributed by atoms with Crippen LogP contribution in [0.15, 0.2) is 53.6 Å². The van der Waals surface area contributed by atoms with E-state index < -0.39 is 0 Å². The Kier molecular flexibility index (Phi) is 6.75. The summed E-state index contributed by atoms with van der Waals surface area (Å²) in [6.45, 7) is 7.20. The summed E-state index contributed by atoms with van der Waals surface area (Å²) in [4.78, 5) is 13.9. The first kappa shape index (κ1) is 22.3. The number of aryl methyl sites for hydroxylation is 1. The van der Waals surface area contributed by atoms with Crippen LogP contribution in [0, 0.1) is 11.7 Å². The smallest absolute Gasteiger partial charge is 0.311 e. The van der Waals surface area contributed by atoms with Crippen LogP contribution in [0.4, 0.5) is 4.39 Å². The predicted octanol–water partition coefficient (Wildman–Crippen LogP) is 5.13. The lowest BCUT2D eigenvalue weighted by Gasteiger charge is -2.39. The van der Waals surface area contributed by atoms with Crippen molar-refractivity contribution in [2.75, 3.05) is 33.4 Å². The van der Waals surface area contributed by atoms with Crippen LogP contribution in [0.5, 0.6) is 5.75 Å². The number of rotatable bonds is 7. The predicted molar refractivity (Wildman–Crippen MR) is 125 cm³/mol. The van der Waals surface area contributed by atoms with Crippen LogP contribution in [-0.4, -0.2) is 44.2 Å². The Bertz CT molecular complexity index is 1050. The molecule has 168 valence electrons. The lowest BCUT2D eigenvalue weighted by Crippen LogP contribution is -2.51. The van der Waals surface area contributed by atoms with Crippen molar-refractivity contribution in [3.05, 3.63) is 76.1 Å². The molecule has 0 N–H and O–H groups in total. The average molecular weight is 436 g/mol. The molecule has 0 saturated carbocycles. The Balaban J connectivity index is 1.36. The highest BCUT2D eigenvalue weighted by Gasteiger charge is 2.34. The Morgan fingerprint density at radius 3 is 2.62 bits per heavy atom. The molecule has 2 aliphatic rings. The zero-order valence-corrected chi connectivity index (χ0v) is 19.0. The Morgan fingerprint density at radius 2 is 1.91 bits per heavy atom. The number of benzene rings is 2. The first-order valence-electron chi connectivity index (χ1n) is 11.1. The molecule has 0 atom stereocenters. The molecule has 0 amide bonds. The van der Waals surface area contributed by atoms with Gasteiger partial charge in [0.05, 0.1) is 13.0 Å². The number of carbonyl (C=O) groups excluding carboxylic acids is 1. The van der Waals surface area contributed by atoms with E-state index in [1.165, 1.54) is 41.5 Å². The highest BCUT2D eigenvalue weighted by atomic mass is 19.1. The first-order valence-corrected chi connectivity index (χ1v) is 11.1. The van der Waals surface area contributed by atoms with Gasteiger partial charge in [0.15, 0.2) is 0 Å². The normalized spacial score (nSPS) is 17.1. The van der Waals surface area contributed by atoms with Crippen molar-refractivity contribution in [3.8, 4) is 5.75 Å². The third kappa shape index (κ3) is 5.10. The van der Waals surface area contributed by atoms with Crippen molar-refractivity contribution < 1.29 is 18.7 Å². The molecular formula is C27H30FNO3. The van der Waals surface area contributed by atoms with Crippen LogP contribution in [0.1, 0.15) is 37.0 Å². The Hall–Kier alpha value is -2.92. The minimum Gasteiger partial charge on any atom is -0.489 e. The number of ether oxygens (including phenoxy) is 2. The second kappa shape index (κ2) is 9.70. The molecule has 1 saturated heterocycles. The van der Waals surface area contributed by atoms with Crippen LogP contribution < -0.4 is 4.74 Å². The standard InChI is InChI=1S/C27H30FNO3/c1-18(12-20-4-8-24(28)9-5-20)17-32-25-10-11-26-19(2)22(7-6-21(26)13-25)14-29-15-23(16-29)27(30)31-3/h4-5,8-13,23H,6-7,14-17H2,1-3H3. The second-order valence-electron chi connectivity index (χ2n) is 8.79. The number of halogens is 1. The molecule has 5 heteroatoms. The summed E-state index contributed by atoms with van der Waals surface area (Å²) in [7, 11) is 1.46. The average Bonchev–Trinajstić information content (AvgIpc) is 2.77. The van der Waals surface area contributed by atoms with E-state index >= 15 is 0 Å². The molecule has 0 radical (unpaired) electrons. The Morgan fingerprint density at radius 1 is 1.16 bits per heavy atom. The maximum absolute atomic E-state index is 13.1. The molecule has 1 aliphatic heterocycles. The van der Waals surface area contributed by atoms with Gasteiger partial charge >= 0.3 is 5.97 Å². The molecule has 0 bridgehead atoms. The summed E-state index contributed by atoms with van der Waals surface area (Å²) >= 11 is 0. The van der Waals surface area contributed by atoms with Gasteiger partial charge in [-0.15, -0.1) is 0 Å². The molecule has 0 unspecified atom stereocenters. The van der Waals surface area contributed by atoms with E-state index in [0.29, 0.717) is 6.61 Å². The third-order valence-corrected chi connectivity index (χ3v) is 6.36. The number of nitrogens with zero attached hydrogens (tertiary/aromatic N) is 1. The first-order chi connectivity index (χ1) is 15.4. The minimum atomic E-state index is -0.229. The third-order valence-electron chi connectivity index (χ3n) is 6.36. The van der Waals surface area contributed by atoms with Crippen LogP contribution in [0.2, 0.25) is 0 Å². The summed E-state index contributed by atoms with van der Waals surface area (Å²) in [5.74, 6) is 0.566. The number of hydrogen-bond acceptors (Lipinski definition) is 4. The van der Waals surface area contributed by atoms with Gasteiger partial charge in [0, 0.05) is 19.6 Å². The molecule has 4 nitrogen and oxygen atoms in total. The number of hydrogen-bond donors (Lipinski definition) is 0. The molecule has 0 aromatic heterocycles. The minimum absolute atomic E-state index is 0.0250. The molecule has 2 aromatic carbocycles. The van der Waals surface area contributed by atoms with Crippen molar-refractivity contribution in [2.45, 2.75) is 26.7 Å². The summed E-state index contributed by atoms with van der Waals surface area (Å²) < 4.78 is 23.9. The summed E-state index contributed by atoms with van der Waals surface area (Å²) in [6, 6.07) is 12.8. The van der Waals surface area contributed by atoms with E-state index in [-0.39, 0.29) is 17.7 Å². The molecule has 1 fully saturated rings. The fourth-order valence-electron chi connectivity index (χ4n) is 4.46. The van der Waals surface area contributed by atoms with Crippen LogP contribution in [-0.2, 0) is 16.0 Å². The van der Waals surface area contributed by atoms with Gasteiger partial charge < -0.3 is 9.47 Å². The topological polar surface area (TPSA) is 38.8 Å². The van der Waals surface area contributed by atoms with Gasteiger partial charge in [-0.25, -0.2) is 4.39 Å². The summed E-state index contributed by atoms with van der Waals surface area (Å²) in [6.07, 6.45) is 4.04. The van der Waals surface area contributed by atoms with E-state index in [9.17, 15) is 9.18 Å². The fraction of sp³-hybridized carbons (Fsp3) is 0.370. The zero-order chi connectivity index (χ0) is 22.7. The van der Waals surface area contributed by atoms with Gasteiger partial charge in [-0.3, -0.25) is 9.69 Å². The molecule has 32 heavy (non-hydrogen) atoms. The number of likely N-dealkylation sites (tertiary alicyclic amines) is 1. The molecule has 0 spiro atoms. The monoisotopic (exact) mass is 435 g/mol. The van der Waals surface area contributed by atoms with E-state index in [4.69, 9.17) is 9.47 Å². The molecule has 1 heterocycles. The van der Waals surface area contributed by atoms with E-state index in [1.54, 1.807) is 12.1 Å².